The molecule has 0 radical (unpaired) electrons. The molecule has 0 aromatic heterocycles. The van der Waals surface area contributed by atoms with Crippen LogP contribution < -0.4 is 8.85 Å². The van der Waals surface area contributed by atoms with Gasteiger partial charge in [0, 0.05) is 6.04 Å². The van der Waals surface area contributed by atoms with Gasteiger partial charge in [-0.1, -0.05) is 12.8 Å². The molecular weight excluding hydrogens is 243 g/mol. The van der Waals surface area contributed by atoms with Crippen molar-refractivity contribution in [3.8, 4) is 0 Å². The molecule has 10 heavy (non-hydrogen) atoms. The van der Waals surface area contributed by atoms with Gasteiger partial charge >= 0.3 is 6.03 Å². The molecule has 0 unspecified atom stereocenters. The smallest absolute Gasteiger partial charge is 0.323 e. The fourth-order valence-electron chi connectivity index (χ4n) is 1.28. The largest absolute Gasteiger partial charge is 0.335 e. The van der Waals surface area contributed by atoms with E-state index >= 15 is 0 Å². The van der Waals surface area contributed by atoms with Crippen molar-refractivity contribution in [1.82, 2.24) is 8.85 Å². The van der Waals surface area contributed by atoms with Gasteiger partial charge in [-0.3, -0.25) is 3.53 Å². The van der Waals surface area contributed by atoms with Crippen LogP contribution in [0.4, 0.5) is 4.79 Å². The zero-order valence-electron chi connectivity index (χ0n) is 5.69. The van der Waals surface area contributed by atoms with E-state index in [2.05, 4.69) is 8.85 Å². The first-order valence-electron chi connectivity index (χ1n) is 3.50. The maximum atomic E-state index is 10.7. The van der Waals surface area contributed by atoms with Gasteiger partial charge in [-0.2, -0.15) is 0 Å². The third kappa shape index (κ3) is 2.32. The van der Waals surface area contributed by atoms with Crippen molar-refractivity contribution in [3.63, 3.8) is 0 Å². The Kier molecular flexibility index (Phi) is 3.24. The number of hydrogen-bond donors (Lipinski definition) is 2. The molecule has 2 amide bonds. The first-order valence-corrected chi connectivity index (χ1v) is 4.58. The molecule has 1 fully saturated rings. The number of hydrogen-bond acceptors (Lipinski definition) is 1. The number of carbonyl (C=O) groups excluding carboxylic acids is 1. The summed E-state index contributed by atoms with van der Waals surface area (Å²) in [5.74, 6) is 0. The Labute approximate surface area is 74.4 Å². The summed E-state index contributed by atoms with van der Waals surface area (Å²) in [6, 6.07) is 0.363. The van der Waals surface area contributed by atoms with Crippen LogP contribution in [0.3, 0.4) is 0 Å². The molecule has 0 bridgehead atoms. The molecule has 1 aliphatic rings. The molecule has 4 heteroatoms. The number of carbonyl (C=O) groups is 1. The van der Waals surface area contributed by atoms with E-state index in [-0.39, 0.29) is 6.03 Å². The van der Waals surface area contributed by atoms with Crippen molar-refractivity contribution in [2.75, 3.05) is 0 Å². The van der Waals surface area contributed by atoms with Crippen molar-refractivity contribution in [2.45, 2.75) is 31.7 Å². The van der Waals surface area contributed by atoms with E-state index in [1.165, 1.54) is 12.8 Å². The van der Waals surface area contributed by atoms with Gasteiger partial charge in [-0.25, -0.2) is 4.79 Å². The van der Waals surface area contributed by atoms with Crippen molar-refractivity contribution in [2.24, 2.45) is 0 Å². The molecule has 1 saturated carbocycles. The number of urea groups is 1. The topological polar surface area (TPSA) is 41.1 Å². The molecule has 0 aliphatic heterocycles. The van der Waals surface area contributed by atoms with Crippen LogP contribution in [0.2, 0.25) is 0 Å². The van der Waals surface area contributed by atoms with E-state index in [4.69, 9.17) is 0 Å². The molecule has 0 saturated heterocycles. The summed E-state index contributed by atoms with van der Waals surface area (Å²) >= 11 is 1.84. The summed E-state index contributed by atoms with van der Waals surface area (Å²) in [4.78, 5) is 10.7. The van der Waals surface area contributed by atoms with E-state index < -0.39 is 0 Å². The Bertz CT molecular complexity index is 123. The van der Waals surface area contributed by atoms with Gasteiger partial charge < -0.3 is 5.32 Å². The Morgan fingerprint density at radius 3 is 2.50 bits per heavy atom. The van der Waals surface area contributed by atoms with Crippen molar-refractivity contribution >= 4 is 28.9 Å². The lowest BCUT2D eigenvalue weighted by Gasteiger charge is -2.09. The van der Waals surface area contributed by atoms with Crippen LogP contribution in [-0.2, 0) is 0 Å². The maximum absolute atomic E-state index is 10.7. The summed E-state index contributed by atoms with van der Waals surface area (Å²) < 4.78 is 2.51. The second kappa shape index (κ2) is 4.00. The minimum absolute atomic E-state index is 0.0625. The van der Waals surface area contributed by atoms with E-state index in [0.29, 0.717) is 6.04 Å². The second-order valence-electron chi connectivity index (χ2n) is 2.55. The Balaban J connectivity index is 2.17. The molecule has 0 aromatic rings. The third-order valence-electron chi connectivity index (χ3n) is 1.78. The molecule has 0 heterocycles. The highest BCUT2D eigenvalue weighted by molar-refractivity contribution is 14.1. The highest BCUT2D eigenvalue weighted by Crippen LogP contribution is 2.17. The van der Waals surface area contributed by atoms with Crippen LogP contribution in [0.25, 0.3) is 0 Å². The first-order chi connectivity index (χ1) is 4.83. The SMILES string of the molecule is O=C(NI)NC1CCCC1. The van der Waals surface area contributed by atoms with Gasteiger partial charge in [0.1, 0.15) is 0 Å². The monoisotopic (exact) mass is 254 g/mol. The van der Waals surface area contributed by atoms with Crippen molar-refractivity contribution in [1.29, 1.82) is 0 Å². The highest BCUT2D eigenvalue weighted by Gasteiger charge is 2.15. The molecule has 58 valence electrons. The van der Waals surface area contributed by atoms with E-state index in [1.807, 2.05) is 22.9 Å². The molecule has 3 nitrogen and oxygen atoms in total. The van der Waals surface area contributed by atoms with Crippen LogP contribution in [0, 0.1) is 0 Å². The van der Waals surface area contributed by atoms with E-state index in [1.54, 1.807) is 0 Å². The summed E-state index contributed by atoms with van der Waals surface area (Å²) in [5.41, 5.74) is 0. The highest BCUT2D eigenvalue weighted by atomic mass is 127. The van der Waals surface area contributed by atoms with Crippen LogP contribution in [-0.4, -0.2) is 12.1 Å². The van der Waals surface area contributed by atoms with Gasteiger partial charge in [0.05, 0.1) is 22.9 Å². The number of nitrogens with one attached hydrogen (secondary N) is 2. The Morgan fingerprint density at radius 2 is 2.00 bits per heavy atom. The second-order valence-corrected chi connectivity index (χ2v) is 3.09. The lowest BCUT2D eigenvalue weighted by atomic mass is 10.3. The molecule has 0 spiro atoms. The summed E-state index contributed by atoms with van der Waals surface area (Å²) in [7, 11) is 0. The number of halogens is 1. The summed E-state index contributed by atoms with van der Waals surface area (Å²) in [5, 5.41) is 2.87. The first kappa shape index (κ1) is 8.10. The van der Waals surface area contributed by atoms with Crippen LogP contribution in [0.1, 0.15) is 25.7 Å². The minimum Gasteiger partial charge on any atom is -0.335 e. The predicted octanol–water partition coefficient (Wildman–Crippen LogP) is 1.58. The van der Waals surface area contributed by atoms with E-state index in [0.717, 1.165) is 12.8 Å². The van der Waals surface area contributed by atoms with Crippen LogP contribution in [0.5, 0.6) is 0 Å². The lowest BCUT2D eigenvalue weighted by Crippen LogP contribution is -2.36. The zero-order valence-corrected chi connectivity index (χ0v) is 7.85. The normalized spacial score (nSPS) is 18.9. The van der Waals surface area contributed by atoms with Crippen LogP contribution >= 0.6 is 22.9 Å². The van der Waals surface area contributed by atoms with Crippen molar-refractivity contribution in [3.05, 3.63) is 0 Å². The summed E-state index contributed by atoms with van der Waals surface area (Å²) in [6.45, 7) is 0. The van der Waals surface area contributed by atoms with Gasteiger partial charge in [0.2, 0.25) is 0 Å². The van der Waals surface area contributed by atoms with Gasteiger partial charge in [-0.15, -0.1) is 0 Å². The van der Waals surface area contributed by atoms with Crippen molar-refractivity contribution < 1.29 is 4.79 Å². The van der Waals surface area contributed by atoms with Gasteiger partial charge in [-0.05, 0) is 12.8 Å². The molecule has 0 atom stereocenters. The number of rotatable bonds is 1. The zero-order chi connectivity index (χ0) is 7.40. The number of amides is 2. The maximum Gasteiger partial charge on any atom is 0.323 e. The molecule has 1 rings (SSSR count). The van der Waals surface area contributed by atoms with E-state index in [9.17, 15) is 4.79 Å². The quantitative estimate of drug-likeness (QED) is 0.541. The molecule has 2 N–H and O–H groups in total. The fourth-order valence-corrected chi connectivity index (χ4v) is 1.44. The average molecular weight is 254 g/mol. The standard InChI is InChI=1S/C6H11IN2O/c7-9-6(10)8-5-3-1-2-4-5/h5H,1-4H2,(H2,8,9,10). The fraction of sp³-hybridized carbons (Fsp3) is 0.833. The predicted molar refractivity (Wildman–Crippen MR) is 47.9 cm³/mol. The Morgan fingerprint density at radius 1 is 1.40 bits per heavy atom. The third-order valence-corrected chi connectivity index (χ3v) is 2.27. The average Bonchev–Trinajstić information content (AvgIpc) is 2.40. The van der Waals surface area contributed by atoms with Gasteiger partial charge in [0.15, 0.2) is 0 Å². The summed E-state index contributed by atoms with van der Waals surface area (Å²) in [6.07, 6.45) is 4.80. The molecule has 0 aromatic carbocycles. The lowest BCUT2D eigenvalue weighted by molar-refractivity contribution is 0.243. The van der Waals surface area contributed by atoms with Crippen LogP contribution in [0.15, 0.2) is 0 Å². The minimum atomic E-state index is -0.0625. The molecular formula is C6H11IN2O. The Hall–Kier alpha value is -0.0000000000000000555. The van der Waals surface area contributed by atoms with Gasteiger partial charge in [0.25, 0.3) is 0 Å². The molecule has 1 aliphatic carbocycles.